The number of carbonyl (C=O) groups is 1. The van der Waals surface area contributed by atoms with Crippen molar-refractivity contribution in [1.82, 2.24) is 15.2 Å². The number of amides is 1. The van der Waals surface area contributed by atoms with E-state index in [1.807, 2.05) is 24.3 Å². The molecule has 7 nitrogen and oxygen atoms in total. The van der Waals surface area contributed by atoms with Gasteiger partial charge in [-0.2, -0.15) is 5.10 Å². The van der Waals surface area contributed by atoms with Crippen LogP contribution in [0.2, 0.25) is 0 Å². The molecule has 154 valence electrons. The fourth-order valence-corrected chi connectivity index (χ4v) is 3.27. The largest absolute Gasteiger partial charge is 0.507 e. The summed E-state index contributed by atoms with van der Waals surface area (Å²) in [5.41, 5.74) is 4.53. The van der Waals surface area contributed by atoms with Crippen LogP contribution in [0, 0.1) is 6.92 Å². The molecule has 4 rings (SSSR count). The monoisotopic (exact) mass is 412 g/mol. The predicted octanol–water partition coefficient (Wildman–Crippen LogP) is 3.36. The van der Waals surface area contributed by atoms with Gasteiger partial charge in [-0.25, -0.2) is 10.1 Å². The summed E-state index contributed by atoms with van der Waals surface area (Å²) in [6.07, 6.45) is 0. The van der Waals surface area contributed by atoms with E-state index in [2.05, 4.69) is 15.6 Å². The van der Waals surface area contributed by atoms with E-state index in [1.165, 1.54) is 10.7 Å². The number of phenols is 1. The van der Waals surface area contributed by atoms with Crippen LogP contribution in [0.1, 0.15) is 27.2 Å². The first-order valence-corrected chi connectivity index (χ1v) is 9.65. The number of H-pyrrole nitrogens is 1. The van der Waals surface area contributed by atoms with Crippen LogP contribution in [-0.4, -0.2) is 26.5 Å². The highest BCUT2D eigenvalue weighted by Crippen LogP contribution is 2.21. The lowest BCUT2D eigenvalue weighted by molar-refractivity contribution is 0.0955. The van der Waals surface area contributed by atoms with Crippen molar-refractivity contribution < 1.29 is 9.90 Å². The smallest absolute Gasteiger partial charge is 0.281 e. The van der Waals surface area contributed by atoms with Crippen molar-refractivity contribution >= 4 is 11.6 Å². The predicted molar refractivity (Wildman–Crippen MR) is 119 cm³/mol. The van der Waals surface area contributed by atoms with E-state index in [9.17, 15) is 14.7 Å². The number of aromatic hydroxyl groups is 1. The summed E-state index contributed by atoms with van der Waals surface area (Å²) in [6.45, 7) is 1.74. The van der Waals surface area contributed by atoms with E-state index in [1.54, 1.807) is 61.5 Å². The topological polar surface area (TPSA) is 99.5 Å². The molecule has 0 unspecified atom stereocenters. The van der Waals surface area contributed by atoms with Crippen LogP contribution in [0.15, 0.2) is 94.8 Å². The third-order valence-electron chi connectivity index (χ3n) is 4.79. The molecule has 4 aromatic rings. The number of nitrogens with zero attached hydrogens (tertiary/aromatic N) is 2. The quantitative estimate of drug-likeness (QED) is 0.346. The van der Waals surface area contributed by atoms with Crippen LogP contribution in [0.4, 0.5) is 0 Å². The van der Waals surface area contributed by atoms with Gasteiger partial charge in [0, 0.05) is 16.8 Å². The molecule has 0 spiro atoms. The normalized spacial score (nSPS) is 11.3. The molecule has 0 saturated carbocycles. The molecule has 1 amide bonds. The van der Waals surface area contributed by atoms with Crippen LogP contribution < -0.4 is 11.0 Å². The van der Waals surface area contributed by atoms with E-state index in [4.69, 9.17) is 0 Å². The molecule has 0 aliphatic rings. The highest BCUT2D eigenvalue weighted by atomic mass is 16.3. The van der Waals surface area contributed by atoms with Crippen molar-refractivity contribution in [2.24, 2.45) is 5.10 Å². The minimum Gasteiger partial charge on any atom is -0.507 e. The molecular formula is C24H20N4O3. The third-order valence-corrected chi connectivity index (χ3v) is 4.79. The third kappa shape index (κ3) is 4.02. The lowest BCUT2D eigenvalue weighted by atomic mass is 10.0. The first-order chi connectivity index (χ1) is 15.1. The van der Waals surface area contributed by atoms with Crippen molar-refractivity contribution in [3.63, 3.8) is 0 Å². The molecule has 1 aromatic heterocycles. The second-order valence-corrected chi connectivity index (χ2v) is 6.87. The molecule has 0 fully saturated rings. The number of rotatable bonds is 5. The number of hydrazone groups is 1. The number of benzene rings is 3. The Kier molecular flexibility index (Phi) is 5.49. The second-order valence-electron chi connectivity index (χ2n) is 6.87. The summed E-state index contributed by atoms with van der Waals surface area (Å²) < 4.78 is 1.40. The Morgan fingerprint density at radius 2 is 1.55 bits per heavy atom. The van der Waals surface area contributed by atoms with Gasteiger partial charge < -0.3 is 5.11 Å². The van der Waals surface area contributed by atoms with E-state index >= 15 is 0 Å². The molecule has 0 radical (unpaired) electrons. The number of aromatic nitrogens is 2. The van der Waals surface area contributed by atoms with E-state index in [0.717, 1.165) is 0 Å². The molecule has 0 saturated heterocycles. The van der Waals surface area contributed by atoms with Gasteiger partial charge in [0.2, 0.25) is 0 Å². The Morgan fingerprint density at radius 3 is 2.23 bits per heavy atom. The zero-order valence-electron chi connectivity index (χ0n) is 16.7. The van der Waals surface area contributed by atoms with Gasteiger partial charge >= 0.3 is 0 Å². The number of nitrogens with one attached hydrogen (secondary N) is 2. The first kappa shape index (κ1) is 19.9. The van der Waals surface area contributed by atoms with Gasteiger partial charge in [-0.15, -0.1) is 0 Å². The van der Waals surface area contributed by atoms with E-state index < -0.39 is 5.91 Å². The average Bonchev–Trinajstić information content (AvgIpc) is 3.10. The highest BCUT2D eigenvalue weighted by Gasteiger charge is 2.22. The van der Waals surface area contributed by atoms with Gasteiger partial charge in [-0.05, 0) is 43.3 Å². The molecule has 1 heterocycles. The number of para-hydroxylation sites is 2. The Hall–Kier alpha value is -4.39. The van der Waals surface area contributed by atoms with Crippen LogP contribution in [0.5, 0.6) is 5.75 Å². The molecule has 31 heavy (non-hydrogen) atoms. The highest BCUT2D eigenvalue weighted by molar-refractivity contribution is 6.15. The first-order valence-electron chi connectivity index (χ1n) is 9.65. The molecule has 0 atom stereocenters. The zero-order chi connectivity index (χ0) is 21.8. The number of aryl methyl sites for hydroxylation is 1. The summed E-state index contributed by atoms with van der Waals surface area (Å²) in [5.74, 6) is -0.480. The maximum atomic E-state index is 13.3. The van der Waals surface area contributed by atoms with Gasteiger partial charge in [0.05, 0.1) is 11.3 Å². The molecule has 0 aliphatic carbocycles. The second kappa shape index (κ2) is 8.54. The van der Waals surface area contributed by atoms with Crippen LogP contribution in [-0.2, 0) is 0 Å². The fourth-order valence-electron chi connectivity index (χ4n) is 3.27. The maximum Gasteiger partial charge on any atom is 0.281 e. The van der Waals surface area contributed by atoms with Gasteiger partial charge in [-0.1, -0.05) is 48.5 Å². The van der Waals surface area contributed by atoms with Gasteiger partial charge in [0.15, 0.2) is 0 Å². The minimum absolute atomic E-state index is 0.0542. The summed E-state index contributed by atoms with van der Waals surface area (Å²) in [5, 5.41) is 17.7. The Balaban J connectivity index is 1.83. The summed E-state index contributed by atoms with van der Waals surface area (Å²) in [6, 6.07) is 24.3. The van der Waals surface area contributed by atoms with Crippen molar-refractivity contribution in [2.45, 2.75) is 6.92 Å². The number of hydrogen-bond donors (Lipinski definition) is 3. The van der Waals surface area contributed by atoms with Crippen LogP contribution >= 0.6 is 0 Å². The van der Waals surface area contributed by atoms with Gasteiger partial charge in [0.1, 0.15) is 11.5 Å². The molecule has 3 N–H and O–H groups in total. The number of hydrogen-bond acceptors (Lipinski definition) is 4. The standard InChI is InChI=1S/C24H20N4O3/c1-16-21(24(31)28(27-16)18-12-6-3-7-13-18)22(19-14-8-9-15-20(19)29)25-26-23(30)17-10-4-2-5-11-17/h2-15,27,29H,1H3,(H,26,30)/b25-22-. The van der Waals surface area contributed by atoms with Crippen molar-refractivity contribution in [3.05, 3.63) is 118 Å². The molecular weight excluding hydrogens is 392 g/mol. The molecule has 0 bridgehead atoms. The van der Waals surface area contributed by atoms with Crippen LogP contribution in [0.3, 0.4) is 0 Å². The zero-order valence-corrected chi connectivity index (χ0v) is 16.7. The minimum atomic E-state index is -0.426. The van der Waals surface area contributed by atoms with Crippen molar-refractivity contribution in [2.75, 3.05) is 0 Å². The lowest BCUT2D eigenvalue weighted by Gasteiger charge is -2.08. The van der Waals surface area contributed by atoms with E-state index in [0.29, 0.717) is 22.5 Å². The van der Waals surface area contributed by atoms with E-state index in [-0.39, 0.29) is 22.6 Å². The fraction of sp³-hybridized carbons (Fsp3) is 0.0417. The lowest BCUT2D eigenvalue weighted by Crippen LogP contribution is -2.25. The Morgan fingerprint density at radius 1 is 0.935 bits per heavy atom. The SMILES string of the molecule is Cc1[nH]n(-c2ccccc2)c(=O)c1/C(=N\NC(=O)c1ccccc1)c1ccccc1O. The van der Waals surface area contributed by atoms with Crippen molar-refractivity contribution in [1.29, 1.82) is 0 Å². The van der Waals surface area contributed by atoms with Crippen LogP contribution in [0.25, 0.3) is 5.69 Å². The maximum absolute atomic E-state index is 13.3. The molecule has 0 aliphatic heterocycles. The Bertz CT molecular complexity index is 1310. The summed E-state index contributed by atoms with van der Waals surface area (Å²) in [7, 11) is 0. The van der Waals surface area contributed by atoms with Gasteiger partial charge in [0.25, 0.3) is 11.5 Å². The summed E-state index contributed by atoms with van der Waals surface area (Å²) in [4.78, 5) is 25.8. The summed E-state index contributed by atoms with van der Waals surface area (Å²) >= 11 is 0. The molecule has 3 aromatic carbocycles. The number of phenolic OH excluding ortho intramolecular Hbond substituents is 1. The van der Waals surface area contributed by atoms with Crippen molar-refractivity contribution in [3.8, 4) is 11.4 Å². The van der Waals surface area contributed by atoms with Gasteiger partial charge in [-0.3, -0.25) is 14.7 Å². The Labute approximate surface area is 178 Å². The molecule has 7 heteroatoms. The number of aromatic amines is 1. The average molecular weight is 412 g/mol. The number of carbonyl (C=O) groups excluding carboxylic acids is 1.